The third-order valence-electron chi connectivity index (χ3n) is 11.4. The van der Waals surface area contributed by atoms with Crippen molar-refractivity contribution in [2.24, 2.45) is 0 Å². The molecule has 2 heterocycles. The molecule has 6 rings (SSSR count). The molecule has 0 amide bonds. The van der Waals surface area contributed by atoms with Gasteiger partial charge in [-0.1, -0.05) is 77.9 Å². The van der Waals surface area contributed by atoms with Crippen molar-refractivity contribution in [3.05, 3.63) is 95.1 Å². The van der Waals surface area contributed by atoms with Crippen LogP contribution in [0.1, 0.15) is 83.6 Å². The first-order valence-corrected chi connectivity index (χ1v) is 26.2. The molecule has 23 heteroatoms. The number of nitrogens with zero attached hydrogens (tertiary/aromatic N) is 6. The summed E-state index contributed by atoms with van der Waals surface area (Å²) in [6.45, 7) is 15.9. The molecule has 0 fully saturated rings. The summed E-state index contributed by atoms with van der Waals surface area (Å²) in [6, 6.07) is 21.9. The Morgan fingerprint density at radius 2 is 0.886 bits per heavy atom. The fourth-order valence-electron chi connectivity index (χ4n) is 7.40. The van der Waals surface area contributed by atoms with Crippen LogP contribution < -0.4 is 0 Å². The van der Waals surface area contributed by atoms with Crippen LogP contribution in [0.5, 0.6) is 11.5 Å². The standard InChI is InChI=1S/C44H52N6O9.2C6H14O4/c1-26(51)42(59-39(54)19-17-28-21-31(44(5,6)7)41(56)37(23-28)50-47-34-14-10-11-15-35(34)48-50)58-25-29(52)24-57-38(53)18-16-27-20-30(43(2,3)4)40(55)36(22-27)49-45-32-12-8-9-13-33(32)46-49;2*7-1-3-9-5-6-10-4-2-8/h8-15,20-23,26,29,42,51-52,55-56H,16-19,24-25H2,1-7H3;2*7-8H,1-6H2. The van der Waals surface area contributed by atoms with Crippen LogP contribution in [0.15, 0.2) is 72.8 Å². The van der Waals surface area contributed by atoms with E-state index in [0.717, 1.165) is 11.1 Å². The number of aromatic nitrogens is 6. The number of carbonyl (C=O) groups is 2. The predicted octanol–water partition coefficient (Wildman–Crippen LogP) is 3.91. The van der Waals surface area contributed by atoms with E-state index in [2.05, 4.69) is 20.4 Å². The lowest BCUT2D eigenvalue weighted by Crippen LogP contribution is -2.35. The maximum Gasteiger partial charge on any atom is 0.308 e. The zero-order chi connectivity index (χ0) is 58.0. The Hall–Kier alpha value is -6.22. The maximum absolute atomic E-state index is 13.0. The van der Waals surface area contributed by atoms with E-state index in [1.165, 1.54) is 16.5 Å². The lowest BCUT2D eigenvalue weighted by atomic mass is 9.84. The minimum absolute atomic E-state index is 0.0151. The summed E-state index contributed by atoms with van der Waals surface area (Å²) in [5, 5.41) is 94.5. The third kappa shape index (κ3) is 22.1. The summed E-state index contributed by atoms with van der Waals surface area (Å²) in [4.78, 5) is 28.5. The van der Waals surface area contributed by atoms with E-state index in [1.54, 1.807) is 12.1 Å². The Morgan fingerprint density at radius 1 is 0.532 bits per heavy atom. The van der Waals surface area contributed by atoms with Crippen LogP contribution in [0.4, 0.5) is 0 Å². The number of aromatic hydroxyl groups is 2. The molecule has 8 N–H and O–H groups in total. The number of carbonyl (C=O) groups excluding carboxylic acids is 2. The van der Waals surface area contributed by atoms with Crippen LogP contribution in [0.3, 0.4) is 0 Å². The van der Waals surface area contributed by atoms with Gasteiger partial charge in [-0.05, 0) is 78.1 Å². The highest BCUT2D eigenvalue weighted by molar-refractivity contribution is 5.75. The molecular weight excluding hydrogens is 1030 g/mol. The van der Waals surface area contributed by atoms with Gasteiger partial charge in [-0.3, -0.25) is 9.59 Å². The quantitative estimate of drug-likeness (QED) is 0.0188. The van der Waals surface area contributed by atoms with Crippen molar-refractivity contribution in [1.29, 1.82) is 0 Å². The first-order valence-electron chi connectivity index (χ1n) is 26.2. The molecule has 4 aromatic carbocycles. The van der Waals surface area contributed by atoms with Gasteiger partial charge in [0.2, 0.25) is 6.29 Å². The molecule has 79 heavy (non-hydrogen) atoms. The van der Waals surface area contributed by atoms with Gasteiger partial charge in [0.15, 0.2) is 0 Å². The highest BCUT2D eigenvalue weighted by Crippen LogP contribution is 2.38. The van der Waals surface area contributed by atoms with Gasteiger partial charge in [-0.2, -0.15) is 0 Å². The number of hydrogen-bond donors (Lipinski definition) is 8. The average Bonchev–Trinajstić information content (AvgIpc) is 4.08. The summed E-state index contributed by atoms with van der Waals surface area (Å²) >= 11 is 0. The number of esters is 2. The predicted molar refractivity (Wildman–Crippen MR) is 291 cm³/mol. The van der Waals surface area contributed by atoms with Gasteiger partial charge in [0, 0.05) is 24.0 Å². The molecule has 0 aliphatic rings. The van der Waals surface area contributed by atoms with Gasteiger partial charge in [-0.15, -0.1) is 30.0 Å². The highest BCUT2D eigenvalue weighted by atomic mass is 16.7. The van der Waals surface area contributed by atoms with E-state index < -0.39 is 47.9 Å². The molecule has 0 saturated carbocycles. The van der Waals surface area contributed by atoms with Gasteiger partial charge < -0.3 is 74.0 Å². The first-order chi connectivity index (χ1) is 37.7. The van der Waals surface area contributed by atoms with E-state index in [9.17, 15) is 30.0 Å². The Labute approximate surface area is 460 Å². The second kappa shape index (κ2) is 33.4. The van der Waals surface area contributed by atoms with Gasteiger partial charge in [-0.25, -0.2) is 0 Å². The van der Waals surface area contributed by atoms with Crippen molar-refractivity contribution < 1.29 is 83.6 Å². The zero-order valence-corrected chi connectivity index (χ0v) is 46.3. The number of ether oxygens (including phenoxy) is 7. The first kappa shape index (κ1) is 65.3. The summed E-state index contributed by atoms with van der Waals surface area (Å²) < 4.78 is 35.8. The van der Waals surface area contributed by atoms with Gasteiger partial charge in [0.25, 0.3) is 0 Å². The number of aliphatic hydroxyl groups is 6. The number of fused-ring (bicyclic) bond motifs is 2. The van der Waals surface area contributed by atoms with Crippen LogP contribution in [-0.4, -0.2) is 194 Å². The fourth-order valence-corrected chi connectivity index (χ4v) is 7.40. The van der Waals surface area contributed by atoms with Crippen molar-refractivity contribution in [3.63, 3.8) is 0 Å². The van der Waals surface area contributed by atoms with Crippen molar-refractivity contribution in [1.82, 2.24) is 30.0 Å². The smallest absolute Gasteiger partial charge is 0.308 e. The monoisotopic (exact) mass is 1110 g/mol. The normalized spacial score (nSPS) is 12.8. The molecule has 0 saturated heterocycles. The number of phenols is 2. The highest BCUT2D eigenvalue weighted by Gasteiger charge is 2.27. The molecule has 0 aliphatic heterocycles. The third-order valence-corrected chi connectivity index (χ3v) is 11.4. The van der Waals surface area contributed by atoms with Crippen LogP contribution in [0.25, 0.3) is 33.4 Å². The average molecular weight is 1110 g/mol. The van der Waals surface area contributed by atoms with Crippen molar-refractivity contribution in [3.8, 4) is 22.9 Å². The summed E-state index contributed by atoms with van der Waals surface area (Å²) in [5.74, 6) is -1.14. The number of aliphatic hydroxyl groups excluding tert-OH is 6. The van der Waals surface area contributed by atoms with Gasteiger partial charge in [0.05, 0.1) is 85.9 Å². The van der Waals surface area contributed by atoms with Crippen molar-refractivity contribution in [2.45, 2.75) is 103 Å². The molecule has 0 spiro atoms. The van der Waals surface area contributed by atoms with E-state index >= 15 is 0 Å². The minimum Gasteiger partial charge on any atom is -0.505 e. The Morgan fingerprint density at radius 3 is 1.22 bits per heavy atom. The van der Waals surface area contributed by atoms with Crippen molar-refractivity contribution >= 4 is 34.0 Å². The molecule has 0 aliphatic carbocycles. The zero-order valence-electron chi connectivity index (χ0n) is 46.3. The lowest BCUT2D eigenvalue weighted by Gasteiger charge is -2.24. The molecule has 3 unspecified atom stereocenters. The molecular formula is C56H80N6O17. The van der Waals surface area contributed by atoms with Crippen LogP contribution >= 0.6 is 0 Å². The van der Waals surface area contributed by atoms with Crippen LogP contribution in [0.2, 0.25) is 0 Å². The Balaban J connectivity index is 0.000000568. The SMILES string of the molecule is CC(O)C(OCC(O)COC(=O)CCc1cc(-n2nc3ccccc3n2)c(O)c(C(C)(C)C)c1)OC(=O)CCc1cc(-n2nc3ccccc3n2)c(O)c(C(C)(C)C)c1.OCCOCCOCCO.OCCOCCOCCO. The number of aryl methyl sites for hydroxylation is 2. The molecule has 2 aromatic heterocycles. The molecule has 6 aromatic rings. The van der Waals surface area contributed by atoms with E-state index in [0.29, 0.717) is 97.4 Å². The summed E-state index contributed by atoms with van der Waals surface area (Å²) in [5.41, 5.74) is 5.39. The van der Waals surface area contributed by atoms with Crippen LogP contribution in [-0.2, 0) is 66.4 Å². The van der Waals surface area contributed by atoms with E-state index in [4.69, 9.17) is 53.6 Å². The van der Waals surface area contributed by atoms with E-state index in [1.807, 2.05) is 102 Å². The van der Waals surface area contributed by atoms with Crippen molar-refractivity contribution in [2.75, 3.05) is 92.5 Å². The maximum atomic E-state index is 13.0. The Kier molecular flexibility index (Phi) is 27.6. The minimum atomic E-state index is -1.39. The fraction of sp³-hybridized carbons (Fsp3) is 0.536. The Bertz CT molecular complexity index is 2660. The molecule has 0 radical (unpaired) electrons. The number of phenolic OH excluding ortho intramolecular Hbond substituents is 2. The largest absolute Gasteiger partial charge is 0.505 e. The number of hydrogen-bond acceptors (Lipinski definition) is 21. The van der Waals surface area contributed by atoms with Crippen LogP contribution in [0, 0.1) is 0 Å². The molecule has 436 valence electrons. The second-order valence-electron chi connectivity index (χ2n) is 20.1. The summed E-state index contributed by atoms with van der Waals surface area (Å²) in [6.07, 6.45) is -3.47. The number of benzene rings is 4. The topological polar surface area (TPSA) is 322 Å². The summed E-state index contributed by atoms with van der Waals surface area (Å²) in [7, 11) is 0. The van der Waals surface area contributed by atoms with Gasteiger partial charge in [0.1, 0.15) is 63.8 Å². The molecule has 0 bridgehead atoms. The van der Waals surface area contributed by atoms with E-state index in [-0.39, 0.29) is 70.2 Å². The molecule has 23 nitrogen and oxygen atoms in total. The number of rotatable bonds is 29. The second-order valence-corrected chi connectivity index (χ2v) is 20.1. The lowest BCUT2D eigenvalue weighted by molar-refractivity contribution is -0.208. The molecule has 3 atom stereocenters. The van der Waals surface area contributed by atoms with Gasteiger partial charge >= 0.3 is 11.9 Å².